The molecule has 4 aromatic carbocycles. The van der Waals surface area contributed by atoms with E-state index < -0.39 is 11.9 Å². The van der Waals surface area contributed by atoms with Gasteiger partial charge in [-0.2, -0.15) is 5.26 Å². The highest BCUT2D eigenvalue weighted by Crippen LogP contribution is 2.45. The van der Waals surface area contributed by atoms with Gasteiger partial charge < -0.3 is 29.4 Å². The Labute approximate surface area is 277 Å². The third-order valence-electron chi connectivity index (χ3n) is 7.32. The van der Waals surface area contributed by atoms with Gasteiger partial charge in [-0.3, -0.25) is 0 Å². The van der Waals surface area contributed by atoms with Crippen molar-refractivity contribution in [2.45, 2.75) is 39.2 Å². The molecular weight excluding hydrogens is 627 g/mol. The van der Waals surface area contributed by atoms with Crippen LogP contribution in [0, 0.1) is 11.3 Å². The van der Waals surface area contributed by atoms with E-state index in [-0.39, 0.29) is 30.4 Å². The Morgan fingerprint density at radius 3 is 2.39 bits per heavy atom. The molecule has 0 fully saturated rings. The molecule has 1 unspecified atom stereocenters. The number of allylic oxidation sites excluding steroid dienone is 1. The van der Waals surface area contributed by atoms with E-state index in [1.165, 1.54) is 5.56 Å². The summed E-state index contributed by atoms with van der Waals surface area (Å²) in [7, 11) is 0. The largest absolute Gasteiger partial charge is 0.490 e. The van der Waals surface area contributed by atoms with Gasteiger partial charge in [0.25, 0.3) is 0 Å². The first-order chi connectivity index (χ1) is 22.2. The molecule has 1 atom stereocenters. The van der Waals surface area contributed by atoms with Crippen molar-refractivity contribution in [1.29, 1.82) is 5.26 Å². The lowest BCUT2D eigenvalue weighted by atomic mass is 9.83. The maximum Gasteiger partial charge on any atom is 0.349 e. The van der Waals surface area contributed by atoms with Gasteiger partial charge in [0.1, 0.15) is 35.5 Å². The Bertz CT molecular complexity index is 1810. The minimum Gasteiger partial charge on any atom is -0.490 e. The van der Waals surface area contributed by atoms with E-state index in [1.807, 2.05) is 43.3 Å². The summed E-state index contributed by atoms with van der Waals surface area (Å²) in [5.74, 6) is 1.33. The zero-order valence-corrected chi connectivity index (χ0v) is 27.0. The van der Waals surface area contributed by atoms with Crippen molar-refractivity contribution in [2.24, 2.45) is 5.73 Å². The molecule has 0 aliphatic carbocycles. The smallest absolute Gasteiger partial charge is 0.349 e. The summed E-state index contributed by atoms with van der Waals surface area (Å²) in [5.41, 5.74) is 9.78. The van der Waals surface area contributed by atoms with E-state index >= 15 is 0 Å². The normalized spacial score (nSPS) is 13.8. The van der Waals surface area contributed by atoms with Gasteiger partial charge >= 0.3 is 5.97 Å². The number of nitriles is 1. The zero-order valence-electron chi connectivity index (χ0n) is 25.5. The van der Waals surface area contributed by atoms with Gasteiger partial charge in [0.2, 0.25) is 5.88 Å². The summed E-state index contributed by atoms with van der Waals surface area (Å²) in [4.78, 5) is 12.6. The third kappa shape index (κ3) is 7.51. The molecule has 1 heterocycles. The Hall–Kier alpha value is -4.84. The standard InChI is InChI=1S/C36H32Cl2N2O6/c1-4-42-33-15-23(8-14-31(33)44-19-24-5-9-25(37)16-30(24)38)35-28-13-12-27(17-32(28)46-36(40)29(35)18-39)45-34(41)20-43-26-10-6-22(7-11-26)21(2)3/h5-17,21,35H,4,19-20,40H2,1-3H3. The van der Waals surface area contributed by atoms with Crippen LogP contribution in [0.1, 0.15) is 54.9 Å². The van der Waals surface area contributed by atoms with Gasteiger partial charge in [0, 0.05) is 27.2 Å². The molecule has 0 amide bonds. The van der Waals surface area contributed by atoms with Crippen LogP contribution in [0.15, 0.2) is 90.3 Å². The first-order valence-electron chi connectivity index (χ1n) is 14.6. The van der Waals surface area contributed by atoms with Crippen molar-refractivity contribution >= 4 is 29.2 Å². The van der Waals surface area contributed by atoms with Gasteiger partial charge in [-0.1, -0.05) is 67.4 Å². The van der Waals surface area contributed by atoms with E-state index in [0.717, 1.165) is 11.1 Å². The minimum atomic E-state index is -0.585. The van der Waals surface area contributed by atoms with Crippen LogP contribution in [-0.4, -0.2) is 19.2 Å². The maximum atomic E-state index is 12.6. The van der Waals surface area contributed by atoms with E-state index in [1.54, 1.807) is 42.5 Å². The van der Waals surface area contributed by atoms with Crippen molar-refractivity contribution < 1.29 is 28.5 Å². The number of benzene rings is 4. The van der Waals surface area contributed by atoms with Crippen molar-refractivity contribution in [1.82, 2.24) is 0 Å². The highest BCUT2D eigenvalue weighted by molar-refractivity contribution is 6.35. The van der Waals surface area contributed by atoms with Gasteiger partial charge in [-0.15, -0.1) is 0 Å². The average molecular weight is 660 g/mol. The molecule has 0 saturated heterocycles. The molecule has 0 spiro atoms. The van der Waals surface area contributed by atoms with Crippen molar-refractivity contribution in [3.05, 3.63) is 123 Å². The Morgan fingerprint density at radius 1 is 0.935 bits per heavy atom. The van der Waals surface area contributed by atoms with Crippen LogP contribution >= 0.6 is 23.2 Å². The summed E-state index contributed by atoms with van der Waals surface area (Å²) in [6, 6.07) is 25.3. The molecule has 4 aromatic rings. The minimum absolute atomic E-state index is 0.0488. The number of carbonyl (C=O) groups excluding carboxylic acids is 1. The number of hydrogen-bond donors (Lipinski definition) is 1. The molecule has 1 aliphatic rings. The second-order valence-electron chi connectivity index (χ2n) is 10.8. The van der Waals surface area contributed by atoms with Crippen LogP contribution in [-0.2, 0) is 11.4 Å². The third-order valence-corrected chi connectivity index (χ3v) is 7.91. The summed E-state index contributed by atoms with van der Waals surface area (Å²) < 4.78 is 28.9. The van der Waals surface area contributed by atoms with Gasteiger partial charge in [-0.25, -0.2) is 4.79 Å². The van der Waals surface area contributed by atoms with Crippen molar-refractivity contribution in [3.8, 4) is 34.8 Å². The molecule has 0 radical (unpaired) electrons. The molecule has 5 rings (SSSR count). The molecule has 236 valence electrons. The first-order valence-corrected chi connectivity index (χ1v) is 15.4. The number of nitrogens with two attached hydrogens (primary N) is 1. The van der Waals surface area contributed by atoms with Crippen molar-refractivity contribution in [3.63, 3.8) is 0 Å². The number of rotatable bonds is 11. The lowest BCUT2D eigenvalue weighted by Crippen LogP contribution is -2.22. The second-order valence-corrected chi connectivity index (χ2v) is 11.6. The fourth-order valence-corrected chi connectivity index (χ4v) is 5.44. The van der Waals surface area contributed by atoms with Crippen LogP contribution < -0.4 is 29.4 Å². The fraction of sp³-hybridized carbons (Fsp3) is 0.222. The molecule has 0 aromatic heterocycles. The van der Waals surface area contributed by atoms with Crippen molar-refractivity contribution in [2.75, 3.05) is 13.2 Å². The number of fused-ring (bicyclic) bond motifs is 1. The number of halogens is 2. The van der Waals surface area contributed by atoms with Gasteiger partial charge in [0.15, 0.2) is 18.1 Å². The molecule has 2 N–H and O–H groups in total. The summed E-state index contributed by atoms with van der Waals surface area (Å²) in [6.45, 7) is 6.38. The van der Waals surface area contributed by atoms with E-state index in [0.29, 0.717) is 51.1 Å². The van der Waals surface area contributed by atoms with Crippen LogP contribution in [0.5, 0.6) is 28.7 Å². The van der Waals surface area contributed by atoms with Crippen LogP contribution in [0.4, 0.5) is 0 Å². The summed E-state index contributed by atoms with van der Waals surface area (Å²) >= 11 is 12.3. The Balaban J connectivity index is 1.34. The SMILES string of the molecule is CCOc1cc(C2C(C#N)=C(N)Oc3cc(OC(=O)COc4ccc(C(C)C)cc4)ccc32)ccc1OCc1ccc(Cl)cc1Cl. The van der Waals surface area contributed by atoms with Gasteiger partial charge in [-0.05, 0) is 66.4 Å². The highest BCUT2D eigenvalue weighted by Gasteiger charge is 2.32. The molecule has 1 aliphatic heterocycles. The van der Waals surface area contributed by atoms with Gasteiger partial charge in [0.05, 0.1) is 12.5 Å². The fourth-order valence-electron chi connectivity index (χ4n) is 4.98. The number of carbonyl (C=O) groups is 1. The first kappa shape index (κ1) is 32.6. The average Bonchev–Trinajstić information content (AvgIpc) is 3.03. The maximum absolute atomic E-state index is 12.6. The zero-order chi connectivity index (χ0) is 32.8. The number of nitrogens with zero attached hydrogens (tertiary/aromatic N) is 1. The molecular formula is C36H32Cl2N2O6. The summed E-state index contributed by atoms with van der Waals surface area (Å²) in [6.07, 6.45) is 0. The lowest BCUT2D eigenvalue weighted by molar-refractivity contribution is -0.136. The highest BCUT2D eigenvalue weighted by atomic mass is 35.5. The van der Waals surface area contributed by atoms with Crippen LogP contribution in [0.25, 0.3) is 0 Å². The molecule has 8 nitrogen and oxygen atoms in total. The molecule has 10 heteroatoms. The predicted octanol–water partition coefficient (Wildman–Crippen LogP) is 8.30. The number of hydrogen-bond acceptors (Lipinski definition) is 8. The van der Waals surface area contributed by atoms with Crippen LogP contribution in [0.3, 0.4) is 0 Å². The summed E-state index contributed by atoms with van der Waals surface area (Å²) in [5, 5.41) is 11.1. The Morgan fingerprint density at radius 2 is 1.70 bits per heavy atom. The molecule has 0 bridgehead atoms. The van der Waals surface area contributed by atoms with Crippen LogP contribution in [0.2, 0.25) is 10.0 Å². The Kier molecular flexibility index (Phi) is 10.3. The number of esters is 1. The quantitative estimate of drug-likeness (QED) is 0.126. The topological polar surface area (TPSA) is 113 Å². The van der Waals surface area contributed by atoms with E-state index in [2.05, 4.69) is 19.9 Å². The molecule has 46 heavy (non-hydrogen) atoms. The van der Waals surface area contributed by atoms with E-state index in [9.17, 15) is 10.1 Å². The van der Waals surface area contributed by atoms with E-state index in [4.69, 9.17) is 52.6 Å². The molecule has 0 saturated carbocycles. The second kappa shape index (κ2) is 14.5. The lowest BCUT2D eigenvalue weighted by Gasteiger charge is -2.27. The number of ether oxygens (including phenoxy) is 5. The monoisotopic (exact) mass is 658 g/mol. The predicted molar refractivity (Wildman–Crippen MR) is 176 cm³/mol.